The highest BCUT2D eigenvalue weighted by atomic mass is 16.5. The van der Waals surface area contributed by atoms with Crippen LogP contribution in [-0.2, 0) is 0 Å². The topological polar surface area (TPSA) is 72.0 Å². The number of hydrogen-bond acceptors (Lipinski definition) is 3. The molecule has 0 saturated heterocycles. The average Bonchev–Trinajstić information content (AvgIpc) is 2.37. The highest BCUT2D eigenvalue weighted by Crippen LogP contribution is 2.16. The van der Waals surface area contributed by atoms with E-state index in [1.807, 2.05) is 13.0 Å². The molecule has 1 heterocycles. The van der Waals surface area contributed by atoms with Crippen LogP contribution in [-0.4, -0.2) is 17.4 Å². The van der Waals surface area contributed by atoms with Gasteiger partial charge < -0.3 is 10.5 Å². The summed E-state index contributed by atoms with van der Waals surface area (Å²) in [6.45, 7) is 4.76. The number of ether oxygens (including phenoxy) is 1. The molecular formula is C15H25N3O. The number of unbranched alkanes of at least 4 members (excludes halogenated alkanes) is 5. The van der Waals surface area contributed by atoms with E-state index in [2.05, 4.69) is 11.9 Å². The zero-order chi connectivity index (χ0) is 14.1. The van der Waals surface area contributed by atoms with Crippen LogP contribution in [0.1, 0.15) is 56.7 Å². The third kappa shape index (κ3) is 5.73. The van der Waals surface area contributed by atoms with Crippen LogP contribution in [0.2, 0.25) is 0 Å². The van der Waals surface area contributed by atoms with E-state index < -0.39 is 0 Å². The number of pyridine rings is 1. The molecule has 4 nitrogen and oxygen atoms in total. The van der Waals surface area contributed by atoms with E-state index in [9.17, 15) is 0 Å². The Morgan fingerprint density at radius 3 is 2.58 bits per heavy atom. The largest absolute Gasteiger partial charge is 0.477 e. The molecule has 0 spiro atoms. The number of rotatable bonds is 9. The van der Waals surface area contributed by atoms with Crippen LogP contribution in [0.5, 0.6) is 5.88 Å². The number of nitrogens with two attached hydrogens (primary N) is 1. The quantitative estimate of drug-likeness (QED) is 0.407. The fourth-order valence-electron chi connectivity index (χ4n) is 1.90. The standard InChI is InChI=1S/C15H25N3O/c1-3-4-5-6-7-8-11-19-15-13(14(16)17)10-9-12(2)18-15/h9-10H,3-8,11H2,1-2H3,(H3,16,17). The van der Waals surface area contributed by atoms with E-state index in [0.29, 0.717) is 18.1 Å². The second kappa shape index (κ2) is 8.51. The molecule has 1 aromatic heterocycles. The van der Waals surface area contributed by atoms with Gasteiger partial charge in [0, 0.05) is 5.69 Å². The fourth-order valence-corrected chi connectivity index (χ4v) is 1.90. The number of hydrogen-bond donors (Lipinski definition) is 2. The Balaban J connectivity index is 2.36. The summed E-state index contributed by atoms with van der Waals surface area (Å²) in [6.07, 6.45) is 7.36. The van der Waals surface area contributed by atoms with Crippen molar-refractivity contribution in [2.45, 2.75) is 52.4 Å². The van der Waals surface area contributed by atoms with Crippen molar-refractivity contribution in [2.24, 2.45) is 5.73 Å². The molecule has 0 amide bonds. The van der Waals surface area contributed by atoms with Crippen molar-refractivity contribution in [3.05, 3.63) is 23.4 Å². The minimum absolute atomic E-state index is 0.00504. The summed E-state index contributed by atoms with van der Waals surface area (Å²) >= 11 is 0. The smallest absolute Gasteiger partial charge is 0.224 e. The van der Waals surface area contributed by atoms with Gasteiger partial charge in [0.25, 0.3) is 0 Å². The van der Waals surface area contributed by atoms with Gasteiger partial charge in [-0.15, -0.1) is 0 Å². The predicted molar refractivity (Wildman–Crippen MR) is 78.9 cm³/mol. The number of nitrogens with zero attached hydrogens (tertiary/aromatic N) is 1. The monoisotopic (exact) mass is 263 g/mol. The summed E-state index contributed by atoms with van der Waals surface area (Å²) in [5.41, 5.74) is 6.97. The zero-order valence-corrected chi connectivity index (χ0v) is 12.0. The number of aromatic nitrogens is 1. The number of aryl methyl sites for hydroxylation is 1. The third-order valence-corrected chi connectivity index (χ3v) is 3.03. The molecule has 0 saturated carbocycles. The Labute approximate surface area is 115 Å². The lowest BCUT2D eigenvalue weighted by Gasteiger charge is -2.10. The molecule has 0 radical (unpaired) electrons. The number of amidine groups is 1. The SMILES string of the molecule is CCCCCCCCOc1nc(C)ccc1C(=N)N. The molecule has 0 aliphatic heterocycles. The Morgan fingerprint density at radius 1 is 1.21 bits per heavy atom. The van der Waals surface area contributed by atoms with Gasteiger partial charge in [-0.3, -0.25) is 5.41 Å². The molecule has 1 aromatic rings. The molecule has 0 aliphatic carbocycles. The van der Waals surface area contributed by atoms with Gasteiger partial charge in [-0.25, -0.2) is 4.98 Å². The first-order valence-corrected chi connectivity index (χ1v) is 7.10. The van der Waals surface area contributed by atoms with Crippen LogP contribution in [0.25, 0.3) is 0 Å². The summed E-state index contributed by atoms with van der Waals surface area (Å²) in [4.78, 5) is 4.30. The minimum Gasteiger partial charge on any atom is -0.477 e. The molecule has 1 rings (SSSR count). The lowest BCUT2D eigenvalue weighted by Crippen LogP contribution is -2.14. The second-order valence-corrected chi connectivity index (χ2v) is 4.84. The van der Waals surface area contributed by atoms with Gasteiger partial charge in [0.15, 0.2) is 0 Å². The molecule has 0 unspecified atom stereocenters. The number of nitrogens with one attached hydrogen (secondary N) is 1. The van der Waals surface area contributed by atoms with E-state index in [1.54, 1.807) is 6.07 Å². The van der Waals surface area contributed by atoms with Crippen molar-refractivity contribution in [1.29, 1.82) is 5.41 Å². The molecule has 3 N–H and O–H groups in total. The van der Waals surface area contributed by atoms with Gasteiger partial charge in [0.2, 0.25) is 5.88 Å². The van der Waals surface area contributed by atoms with Crippen molar-refractivity contribution < 1.29 is 4.74 Å². The molecule has 19 heavy (non-hydrogen) atoms. The highest BCUT2D eigenvalue weighted by molar-refractivity contribution is 5.97. The molecule has 0 bridgehead atoms. The van der Waals surface area contributed by atoms with Crippen molar-refractivity contribution >= 4 is 5.84 Å². The van der Waals surface area contributed by atoms with E-state index in [1.165, 1.54) is 32.1 Å². The molecular weight excluding hydrogens is 238 g/mol. The second-order valence-electron chi connectivity index (χ2n) is 4.84. The van der Waals surface area contributed by atoms with Crippen LogP contribution in [0.4, 0.5) is 0 Å². The van der Waals surface area contributed by atoms with E-state index in [-0.39, 0.29) is 5.84 Å². The van der Waals surface area contributed by atoms with Crippen molar-refractivity contribution in [1.82, 2.24) is 4.98 Å². The van der Waals surface area contributed by atoms with E-state index >= 15 is 0 Å². The maximum atomic E-state index is 7.50. The maximum absolute atomic E-state index is 7.50. The third-order valence-electron chi connectivity index (χ3n) is 3.03. The molecule has 0 aliphatic rings. The molecule has 106 valence electrons. The lowest BCUT2D eigenvalue weighted by atomic mass is 10.1. The summed E-state index contributed by atoms with van der Waals surface area (Å²) in [5.74, 6) is 0.492. The Hall–Kier alpha value is -1.58. The van der Waals surface area contributed by atoms with Crippen LogP contribution in [0.3, 0.4) is 0 Å². The first-order valence-electron chi connectivity index (χ1n) is 7.10. The van der Waals surface area contributed by atoms with Gasteiger partial charge in [0.1, 0.15) is 5.84 Å². The molecule has 0 fully saturated rings. The summed E-state index contributed by atoms with van der Waals surface area (Å²) in [7, 11) is 0. The average molecular weight is 263 g/mol. The van der Waals surface area contributed by atoms with E-state index in [0.717, 1.165) is 12.1 Å². The molecule has 4 heteroatoms. The zero-order valence-electron chi connectivity index (χ0n) is 12.0. The first-order chi connectivity index (χ1) is 9.15. The maximum Gasteiger partial charge on any atom is 0.224 e. The van der Waals surface area contributed by atoms with Gasteiger partial charge in [-0.05, 0) is 25.5 Å². The van der Waals surface area contributed by atoms with Gasteiger partial charge >= 0.3 is 0 Å². The van der Waals surface area contributed by atoms with Gasteiger partial charge in [-0.1, -0.05) is 39.0 Å². The van der Waals surface area contributed by atoms with Crippen molar-refractivity contribution in [3.8, 4) is 5.88 Å². The van der Waals surface area contributed by atoms with Crippen molar-refractivity contribution in [3.63, 3.8) is 0 Å². The Kier molecular flexibility index (Phi) is 6.93. The Morgan fingerprint density at radius 2 is 1.89 bits per heavy atom. The summed E-state index contributed by atoms with van der Waals surface area (Å²) in [6, 6.07) is 3.63. The molecule has 0 atom stereocenters. The number of nitrogen functional groups attached to an aromatic ring is 1. The van der Waals surface area contributed by atoms with Crippen LogP contribution < -0.4 is 10.5 Å². The predicted octanol–water partition coefficient (Wildman–Crippen LogP) is 3.41. The summed E-state index contributed by atoms with van der Waals surface area (Å²) in [5, 5.41) is 7.50. The molecule has 0 aromatic carbocycles. The van der Waals surface area contributed by atoms with Crippen LogP contribution >= 0.6 is 0 Å². The minimum atomic E-state index is 0.00504. The van der Waals surface area contributed by atoms with Crippen LogP contribution in [0.15, 0.2) is 12.1 Å². The summed E-state index contributed by atoms with van der Waals surface area (Å²) < 4.78 is 5.65. The van der Waals surface area contributed by atoms with Gasteiger partial charge in [-0.2, -0.15) is 0 Å². The van der Waals surface area contributed by atoms with Crippen molar-refractivity contribution in [2.75, 3.05) is 6.61 Å². The Bertz CT molecular complexity index is 404. The highest BCUT2D eigenvalue weighted by Gasteiger charge is 2.08. The lowest BCUT2D eigenvalue weighted by molar-refractivity contribution is 0.292. The van der Waals surface area contributed by atoms with Gasteiger partial charge in [0.05, 0.1) is 12.2 Å². The normalized spacial score (nSPS) is 10.4. The fraction of sp³-hybridized carbons (Fsp3) is 0.600. The van der Waals surface area contributed by atoms with Crippen LogP contribution in [0, 0.1) is 12.3 Å². The van der Waals surface area contributed by atoms with E-state index in [4.69, 9.17) is 15.9 Å². The first kappa shape index (κ1) is 15.5.